The highest BCUT2D eigenvalue weighted by Gasteiger charge is 2.11. The second kappa shape index (κ2) is 22.4. The fraction of sp³-hybridized carbons (Fsp3) is 0.917. The molecule has 0 aromatic heterocycles. The van der Waals surface area contributed by atoms with Gasteiger partial charge in [0.15, 0.2) is 12.6 Å². The maximum atomic E-state index is 5.97. The van der Waals surface area contributed by atoms with Gasteiger partial charge in [0.25, 0.3) is 0 Å². The van der Waals surface area contributed by atoms with E-state index in [1.54, 1.807) is 7.11 Å². The van der Waals surface area contributed by atoms with Crippen LogP contribution >= 0.6 is 0 Å². The summed E-state index contributed by atoms with van der Waals surface area (Å²) < 4.78 is 22.6. The van der Waals surface area contributed by atoms with Gasteiger partial charge in [0, 0.05) is 13.5 Å². The summed E-state index contributed by atoms with van der Waals surface area (Å²) in [6.45, 7) is 8.19. The van der Waals surface area contributed by atoms with Crippen LogP contribution in [-0.4, -0.2) is 27.1 Å². The fourth-order valence-electron chi connectivity index (χ4n) is 3.10. The summed E-state index contributed by atoms with van der Waals surface area (Å²) in [5, 5.41) is 0. The first kappa shape index (κ1) is 27.1. The molecule has 0 amide bonds. The van der Waals surface area contributed by atoms with Gasteiger partial charge >= 0.3 is 5.95 Å². The second-order valence-electron chi connectivity index (χ2n) is 7.55. The lowest BCUT2D eigenvalue weighted by Crippen LogP contribution is -2.08. The highest BCUT2D eigenvalue weighted by atomic mass is 16.7. The van der Waals surface area contributed by atoms with Crippen molar-refractivity contribution in [3.05, 3.63) is 11.7 Å². The summed E-state index contributed by atoms with van der Waals surface area (Å²) in [5.74, 6) is 1.32. The Morgan fingerprint density at radius 2 is 1.00 bits per heavy atom. The summed E-state index contributed by atoms with van der Waals surface area (Å²) in [5.41, 5.74) is 0. The van der Waals surface area contributed by atoms with Crippen molar-refractivity contribution in [3.63, 3.8) is 0 Å². The predicted molar refractivity (Wildman–Crippen MR) is 118 cm³/mol. The first-order valence-electron chi connectivity index (χ1n) is 11.9. The average molecular weight is 401 g/mol. The molecule has 168 valence electrons. The molecule has 0 fully saturated rings. The van der Waals surface area contributed by atoms with Gasteiger partial charge < -0.3 is 18.9 Å². The molecule has 0 saturated heterocycles. The summed E-state index contributed by atoms with van der Waals surface area (Å²) in [4.78, 5) is 0. The third-order valence-corrected chi connectivity index (χ3v) is 4.86. The highest BCUT2D eigenvalue weighted by Crippen LogP contribution is 2.16. The second-order valence-corrected chi connectivity index (χ2v) is 7.55. The van der Waals surface area contributed by atoms with Crippen LogP contribution in [0.1, 0.15) is 117 Å². The van der Waals surface area contributed by atoms with Crippen molar-refractivity contribution >= 4 is 0 Å². The van der Waals surface area contributed by atoms with Crippen molar-refractivity contribution in [2.45, 2.75) is 117 Å². The molecule has 0 saturated carbocycles. The average Bonchev–Trinajstić information content (AvgIpc) is 2.71. The molecule has 4 heteroatoms. The van der Waals surface area contributed by atoms with Crippen molar-refractivity contribution < 1.29 is 18.9 Å². The van der Waals surface area contributed by atoms with E-state index in [0.29, 0.717) is 12.6 Å². The molecule has 0 aromatic carbocycles. The SMILES string of the molecule is CCCCCCCCCOC(CC)=C(OCCCCCCCCC)OCOC. The molecule has 0 unspecified atom stereocenters. The van der Waals surface area contributed by atoms with Crippen LogP contribution in [0.25, 0.3) is 0 Å². The molecule has 0 aliphatic heterocycles. The van der Waals surface area contributed by atoms with E-state index in [0.717, 1.165) is 31.6 Å². The molecule has 0 aliphatic rings. The van der Waals surface area contributed by atoms with Gasteiger partial charge in [-0.1, -0.05) is 97.8 Å². The number of ether oxygens (including phenoxy) is 4. The lowest BCUT2D eigenvalue weighted by atomic mass is 10.1. The molecular formula is C24H48O4. The van der Waals surface area contributed by atoms with Crippen LogP contribution in [0.5, 0.6) is 0 Å². The lowest BCUT2D eigenvalue weighted by molar-refractivity contribution is -0.0689. The number of methoxy groups -OCH3 is 1. The van der Waals surface area contributed by atoms with Gasteiger partial charge in [-0.15, -0.1) is 0 Å². The Bertz CT molecular complexity index is 341. The van der Waals surface area contributed by atoms with Crippen molar-refractivity contribution in [1.82, 2.24) is 0 Å². The van der Waals surface area contributed by atoms with E-state index < -0.39 is 0 Å². The molecule has 0 rings (SSSR count). The van der Waals surface area contributed by atoms with Crippen LogP contribution in [-0.2, 0) is 18.9 Å². The van der Waals surface area contributed by atoms with Gasteiger partial charge in [-0.2, -0.15) is 0 Å². The molecule has 0 heterocycles. The zero-order chi connectivity index (χ0) is 20.7. The first-order chi connectivity index (χ1) is 13.8. The highest BCUT2D eigenvalue weighted by molar-refractivity contribution is 4.94. The Morgan fingerprint density at radius 1 is 0.536 bits per heavy atom. The minimum absolute atomic E-state index is 0.191. The number of unbranched alkanes of at least 4 members (excludes halogenated alkanes) is 12. The molecule has 0 bridgehead atoms. The minimum atomic E-state index is 0.191. The Balaban J connectivity index is 4.09. The summed E-state index contributed by atoms with van der Waals surface area (Å²) in [6.07, 6.45) is 18.6. The molecule has 28 heavy (non-hydrogen) atoms. The van der Waals surface area contributed by atoms with E-state index in [1.165, 1.54) is 77.0 Å². The van der Waals surface area contributed by atoms with Crippen LogP contribution < -0.4 is 0 Å². The monoisotopic (exact) mass is 400 g/mol. The zero-order valence-electron chi connectivity index (χ0n) is 19.4. The quantitative estimate of drug-likeness (QED) is 0.106. The van der Waals surface area contributed by atoms with Gasteiger partial charge in [0.2, 0.25) is 0 Å². The Morgan fingerprint density at radius 3 is 1.46 bits per heavy atom. The van der Waals surface area contributed by atoms with Crippen molar-refractivity contribution in [3.8, 4) is 0 Å². The number of rotatable bonds is 22. The summed E-state index contributed by atoms with van der Waals surface area (Å²) >= 11 is 0. The number of hydrogen-bond acceptors (Lipinski definition) is 4. The van der Waals surface area contributed by atoms with E-state index in [9.17, 15) is 0 Å². The van der Waals surface area contributed by atoms with E-state index in [4.69, 9.17) is 18.9 Å². The molecule has 0 spiro atoms. The maximum Gasteiger partial charge on any atom is 0.321 e. The molecule has 0 N–H and O–H groups in total. The lowest BCUT2D eigenvalue weighted by Gasteiger charge is -2.16. The zero-order valence-corrected chi connectivity index (χ0v) is 19.4. The van der Waals surface area contributed by atoms with Crippen LogP contribution in [0.4, 0.5) is 0 Å². The number of allylic oxidation sites excluding steroid dienone is 1. The van der Waals surface area contributed by atoms with Crippen LogP contribution in [0.3, 0.4) is 0 Å². The molecule has 0 aliphatic carbocycles. The minimum Gasteiger partial charge on any atom is -0.491 e. The van der Waals surface area contributed by atoms with Gasteiger partial charge in [0.05, 0.1) is 13.2 Å². The molecule has 0 radical (unpaired) electrons. The van der Waals surface area contributed by atoms with Gasteiger partial charge in [0.1, 0.15) is 0 Å². The van der Waals surface area contributed by atoms with E-state index >= 15 is 0 Å². The van der Waals surface area contributed by atoms with E-state index in [-0.39, 0.29) is 6.79 Å². The third kappa shape index (κ3) is 17.2. The fourth-order valence-corrected chi connectivity index (χ4v) is 3.10. The Hall–Kier alpha value is -0.900. The largest absolute Gasteiger partial charge is 0.491 e. The topological polar surface area (TPSA) is 36.9 Å². The normalized spacial score (nSPS) is 12.0. The summed E-state index contributed by atoms with van der Waals surface area (Å²) in [7, 11) is 1.62. The molecular weight excluding hydrogens is 352 g/mol. The third-order valence-electron chi connectivity index (χ3n) is 4.86. The number of hydrogen-bond donors (Lipinski definition) is 0. The van der Waals surface area contributed by atoms with Crippen LogP contribution in [0.15, 0.2) is 11.7 Å². The Labute approximate surface area is 175 Å². The molecule has 0 atom stereocenters. The Kier molecular flexibility index (Phi) is 21.7. The van der Waals surface area contributed by atoms with E-state index in [2.05, 4.69) is 20.8 Å². The van der Waals surface area contributed by atoms with E-state index in [1.807, 2.05) is 0 Å². The smallest absolute Gasteiger partial charge is 0.321 e. The maximum absolute atomic E-state index is 5.97. The predicted octanol–water partition coefficient (Wildman–Crippen LogP) is 7.72. The standard InChI is InChI=1S/C24H48O4/c1-5-8-10-12-14-16-18-20-26-23(7-3)24(28-22-25-4)27-21-19-17-15-13-11-9-6-2/h5-22H2,1-4H3. The van der Waals surface area contributed by atoms with Crippen LogP contribution in [0.2, 0.25) is 0 Å². The van der Waals surface area contributed by atoms with Crippen LogP contribution in [0, 0.1) is 0 Å². The molecule has 4 nitrogen and oxygen atoms in total. The van der Waals surface area contributed by atoms with Gasteiger partial charge in [-0.05, 0) is 12.8 Å². The molecule has 0 aromatic rings. The van der Waals surface area contributed by atoms with Crippen molar-refractivity contribution in [1.29, 1.82) is 0 Å². The van der Waals surface area contributed by atoms with Crippen molar-refractivity contribution in [2.24, 2.45) is 0 Å². The van der Waals surface area contributed by atoms with Gasteiger partial charge in [-0.3, -0.25) is 0 Å². The van der Waals surface area contributed by atoms with Gasteiger partial charge in [-0.25, -0.2) is 0 Å². The summed E-state index contributed by atoms with van der Waals surface area (Å²) in [6, 6.07) is 0. The first-order valence-corrected chi connectivity index (χ1v) is 11.9. The van der Waals surface area contributed by atoms with Crippen molar-refractivity contribution in [2.75, 3.05) is 27.1 Å².